The number of halogens is 1. The molecule has 0 atom stereocenters. The molecular weight excluding hydrogens is 294 g/mol. The monoisotopic (exact) mass is 305 g/mol. The Labute approximate surface area is 125 Å². The number of benzene rings is 1. The number of aryl methyl sites for hydroxylation is 1. The van der Waals surface area contributed by atoms with E-state index in [2.05, 4.69) is 5.32 Å². The first-order valence-corrected chi connectivity index (χ1v) is 6.41. The second kappa shape index (κ2) is 6.28. The highest BCUT2D eigenvalue weighted by atomic mass is 35.5. The Morgan fingerprint density at radius 1 is 1.29 bits per heavy atom. The van der Waals surface area contributed by atoms with Gasteiger partial charge in [-0.3, -0.25) is 4.79 Å². The average molecular weight is 306 g/mol. The fourth-order valence-electron chi connectivity index (χ4n) is 1.78. The van der Waals surface area contributed by atoms with Gasteiger partial charge in [0.05, 0.1) is 0 Å². The number of carbonyl (C=O) groups is 2. The van der Waals surface area contributed by atoms with Crippen molar-refractivity contribution in [1.29, 1.82) is 0 Å². The van der Waals surface area contributed by atoms with Gasteiger partial charge < -0.3 is 14.8 Å². The Morgan fingerprint density at radius 2 is 2.05 bits per heavy atom. The van der Waals surface area contributed by atoms with Crippen LogP contribution in [0.4, 0.5) is 5.69 Å². The number of carboxylic acids is 1. The molecule has 1 aromatic heterocycles. The summed E-state index contributed by atoms with van der Waals surface area (Å²) in [4.78, 5) is 22.5. The van der Waals surface area contributed by atoms with Crippen LogP contribution in [0.5, 0.6) is 0 Å². The minimum atomic E-state index is -1.03. The molecule has 5 nitrogen and oxygen atoms in total. The highest BCUT2D eigenvalue weighted by molar-refractivity contribution is 6.29. The predicted octanol–water partition coefficient (Wildman–Crippen LogP) is 3.59. The summed E-state index contributed by atoms with van der Waals surface area (Å²) >= 11 is 5.62. The van der Waals surface area contributed by atoms with Gasteiger partial charge in [0.2, 0.25) is 0 Å². The first-order chi connectivity index (χ1) is 9.94. The highest BCUT2D eigenvalue weighted by Crippen LogP contribution is 2.18. The quantitative estimate of drug-likeness (QED) is 0.846. The lowest BCUT2D eigenvalue weighted by atomic mass is 10.1. The van der Waals surface area contributed by atoms with Crippen molar-refractivity contribution in [2.75, 3.05) is 5.32 Å². The van der Waals surface area contributed by atoms with Crippen LogP contribution in [0.25, 0.3) is 6.08 Å². The average Bonchev–Trinajstić information content (AvgIpc) is 2.82. The lowest BCUT2D eigenvalue weighted by Gasteiger charge is -2.06. The summed E-state index contributed by atoms with van der Waals surface area (Å²) in [5.41, 5.74) is 2.10. The van der Waals surface area contributed by atoms with Gasteiger partial charge in [0.15, 0.2) is 11.0 Å². The van der Waals surface area contributed by atoms with E-state index in [1.165, 1.54) is 18.2 Å². The third kappa shape index (κ3) is 4.22. The molecule has 0 aliphatic carbocycles. The van der Waals surface area contributed by atoms with E-state index in [-0.39, 0.29) is 11.0 Å². The molecule has 0 fully saturated rings. The summed E-state index contributed by atoms with van der Waals surface area (Å²) in [6.07, 6.45) is 2.49. The second-order valence-electron chi connectivity index (χ2n) is 4.36. The lowest BCUT2D eigenvalue weighted by Crippen LogP contribution is -2.11. The number of nitrogens with one attached hydrogen (secondary N) is 1. The van der Waals surface area contributed by atoms with Crippen LogP contribution >= 0.6 is 11.6 Å². The maximum Gasteiger partial charge on any atom is 0.328 e. The Kier molecular flexibility index (Phi) is 4.45. The van der Waals surface area contributed by atoms with Crippen LogP contribution in [0.1, 0.15) is 21.7 Å². The van der Waals surface area contributed by atoms with Crippen molar-refractivity contribution in [2.45, 2.75) is 6.92 Å². The van der Waals surface area contributed by atoms with E-state index < -0.39 is 11.9 Å². The molecule has 0 unspecified atom stereocenters. The van der Waals surface area contributed by atoms with Gasteiger partial charge in [-0.1, -0.05) is 6.07 Å². The normalized spacial score (nSPS) is 10.8. The molecule has 6 heteroatoms. The van der Waals surface area contributed by atoms with E-state index in [9.17, 15) is 9.59 Å². The molecule has 1 aromatic carbocycles. The molecule has 2 rings (SSSR count). The van der Waals surface area contributed by atoms with E-state index in [4.69, 9.17) is 21.1 Å². The summed E-state index contributed by atoms with van der Waals surface area (Å²) in [6, 6.07) is 8.18. The number of rotatable bonds is 4. The molecule has 0 aliphatic heterocycles. The van der Waals surface area contributed by atoms with E-state index in [1.807, 2.05) is 6.92 Å². The van der Waals surface area contributed by atoms with Crippen molar-refractivity contribution in [3.8, 4) is 0 Å². The fraction of sp³-hybridized carbons (Fsp3) is 0.0667. The van der Waals surface area contributed by atoms with Gasteiger partial charge in [0, 0.05) is 11.8 Å². The van der Waals surface area contributed by atoms with E-state index >= 15 is 0 Å². The molecule has 0 saturated heterocycles. The molecule has 0 saturated carbocycles. The first kappa shape index (κ1) is 14.9. The summed E-state index contributed by atoms with van der Waals surface area (Å²) in [5.74, 6) is -1.36. The van der Waals surface area contributed by atoms with Crippen LogP contribution in [-0.4, -0.2) is 17.0 Å². The highest BCUT2D eigenvalue weighted by Gasteiger charge is 2.11. The maximum absolute atomic E-state index is 11.9. The lowest BCUT2D eigenvalue weighted by molar-refractivity contribution is -0.131. The van der Waals surface area contributed by atoms with Gasteiger partial charge in [-0.15, -0.1) is 0 Å². The van der Waals surface area contributed by atoms with E-state index in [1.54, 1.807) is 18.2 Å². The zero-order valence-electron chi connectivity index (χ0n) is 11.1. The maximum atomic E-state index is 11.9. The number of aliphatic carboxylic acids is 1. The molecule has 0 bridgehead atoms. The van der Waals surface area contributed by atoms with Gasteiger partial charge in [-0.05, 0) is 60.0 Å². The Hall–Kier alpha value is -2.53. The number of hydrogen-bond donors (Lipinski definition) is 2. The molecule has 2 aromatic rings. The zero-order chi connectivity index (χ0) is 15.4. The van der Waals surface area contributed by atoms with Crippen molar-refractivity contribution in [3.63, 3.8) is 0 Å². The summed E-state index contributed by atoms with van der Waals surface area (Å²) < 4.78 is 5.02. The van der Waals surface area contributed by atoms with Crippen molar-refractivity contribution in [2.24, 2.45) is 0 Å². The molecular formula is C15H12ClNO4. The van der Waals surface area contributed by atoms with E-state index in [0.717, 1.165) is 11.6 Å². The van der Waals surface area contributed by atoms with Crippen LogP contribution in [0.3, 0.4) is 0 Å². The van der Waals surface area contributed by atoms with Crippen LogP contribution in [-0.2, 0) is 4.79 Å². The van der Waals surface area contributed by atoms with Gasteiger partial charge in [0.1, 0.15) is 0 Å². The number of hydrogen-bond acceptors (Lipinski definition) is 3. The molecule has 1 amide bonds. The van der Waals surface area contributed by atoms with Crippen molar-refractivity contribution in [1.82, 2.24) is 0 Å². The van der Waals surface area contributed by atoms with Crippen LogP contribution < -0.4 is 5.32 Å². The Morgan fingerprint density at radius 3 is 2.67 bits per heavy atom. The number of furan rings is 1. The van der Waals surface area contributed by atoms with Crippen LogP contribution in [0.2, 0.25) is 5.22 Å². The molecule has 0 radical (unpaired) electrons. The second-order valence-corrected chi connectivity index (χ2v) is 4.73. The molecule has 0 spiro atoms. The number of anilines is 1. The molecule has 2 N–H and O–H groups in total. The first-order valence-electron chi connectivity index (χ1n) is 6.03. The molecule has 1 heterocycles. The van der Waals surface area contributed by atoms with Crippen molar-refractivity contribution in [3.05, 3.63) is 58.5 Å². The third-order valence-electron chi connectivity index (χ3n) is 2.57. The number of carboxylic acid groups (broad SMARTS) is 1. The van der Waals surface area contributed by atoms with Crippen molar-refractivity contribution >= 4 is 35.2 Å². The van der Waals surface area contributed by atoms with Gasteiger partial charge in [0.25, 0.3) is 5.91 Å². The third-order valence-corrected chi connectivity index (χ3v) is 2.78. The van der Waals surface area contributed by atoms with Gasteiger partial charge >= 0.3 is 5.97 Å². The summed E-state index contributed by atoms with van der Waals surface area (Å²) in [6.45, 7) is 1.84. The smallest absolute Gasteiger partial charge is 0.328 e. The number of amides is 1. The summed E-state index contributed by atoms with van der Waals surface area (Å²) in [5, 5.41) is 11.4. The molecule has 0 aliphatic rings. The molecule has 108 valence electrons. The van der Waals surface area contributed by atoms with Crippen molar-refractivity contribution < 1.29 is 19.1 Å². The Bertz CT molecular complexity index is 718. The summed E-state index contributed by atoms with van der Waals surface area (Å²) in [7, 11) is 0. The van der Waals surface area contributed by atoms with Gasteiger partial charge in [-0.2, -0.15) is 0 Å². The standard InChI is InChI=1S/C15H12ClNO4/c1-9-6-10(2-5-14(18)19)8-11(7-9)17-15(20)12-3-4-13(16)21-12/h2-8H,1H3,(H,17,20)(H,18,19)/b5-2+. The topological polar surface area (TPSA) is 79.5 Å². The van der Waals surface area contributed by atoms with Crippen LogP contribution in [0, 0.1) is 6.92 Å². The minimum Gasteiger partial charge on any atom is -0.478 e. The zero-order valence-corrected chi connectivity index (χ0v) is 11.8. The minimum absolute atomic E-state index is 0.101. The Balaban J connectivity index is 2.20. The largest absolute Gasteiger partial charge is 0.478 e. The fourth-order valence-corrected chi connectivity index (χ4v) is 1.92. The molecule has 21 heavy (non-hydrogen) atoms. The van der Waals surface area contributed by atoms with Gasteiger partial charge in [-0.25, -0.2) is 4.79 Å². The van der Waals surface area contributed by atoms with Crippen LogP contribution in [0.15, 0.2) is 40.8 Å². The predicted molar refractivity (Wildman–Crippen MR) is 79.5 cm³/mol. The SMILES string of the molecule is Cc1cc(/C=C/C(=O)O)cc(NC(=O)c2ccc(Cl)o2)c1. The van der Waals surface area contributed by atoms with E-state index in [0.29, 0.717) is 11.3 Å². The number of carbonyl (C=O) groups excluding carboxylic acids is 1.